The Kier molecular flexibility index (Phi) is 5.02. The molecule has 0 radical (unpaired) electrons. The molecule has 0 saturated heterocycles. The molecular formula is C20H20N2O4. The molecule has 0 aromatic heterocycles. The van der Waals surface area contributed by atoms with E-state index in [9.17, 15) is 14.4 Å². The zero-order valence-corrected chi connectivity index (χ0v) is 14.6. The Hall–Kier alpha value is -3.15. The average Bonchev–Trinajstić information content (AvgIpc) is 3.48. The lowest BCUT2D eigenvalue weighted by Crippen LogP contribution is -2.29. The minimum Gasteiger partial charge on any atom is -0.465 e. The summed E-state index contributed by atoms with van der Waals surface area (Å²) in [7, 11) is 3.02. The molecule has 1 fully saturated rings. The summed E-state index contributed by atoms with van der Waals surface area (Å²) in [4.78, 5) is 38.1. The smallest absolute Gasteiger partial charge is 0.337 e. The van der Waals surface area contributed by atoms with Crippen LogP contribution in [0.3, 0.4) is 0 Å². The van der Waals surface area contributed by atoms with Crippen LogP contribution in [0.5, 0.6) is 0 Å². The number of nitrogens with zero attached hydrogens (tertiary/aromatic N) is 1. The molecule has 3 rings (SSSR count). The lowest BCUT2D eigenvalue weighted by Gasteiger charge is -2.17. The van der Waals surface area contributed by atoms with Crippen LogP contribution >= 0.6 is 0 Å². The molecule has 0 spiro atoms. The summed E-state index contributed by atoms with van der Waals surface area (Å²) in [5.74, 6) is -1.42. The van der Waals surface area contributed by atoms with E-state index >= 15 is 0 Å². The van der Waals surface area contributed by atoms with Crippen molar-refractivity contribution in [2.45, 2.75) is 6.42 Å². The number of rotatable bonds is 5. The average molecular weight is 352 g/mol. The molecule has 2 aromatic carbocycles. The fourth-order valence-corrected chi connectivity index (χ4v) is 2.86. The second kappa shape index (κ2) is 7.39. The van der Waals surface area contributed by atoms with Gasteiger partial charge in [-0.3, -0.25) is 9.59 Å². The largest absolute Gasteiger partial charge is 0.465 e. The van der Waals surface area contributed by atoms with Crippen LogP contribution in [0, 0.1) is 11.8 Å². The fourth-order valence-electron chi connectivity index (χ4n) is 2.86. The molecular weight excluding hydrogens is 332 g/mol. The van der Waals surface area contributed by atoms with Crippen molar-refractivity contribution in [3.05, 3.63) is 60.2 Å². The molecule has 1 aliphatic rings. The molecule has 134 valence electrons. The Morgan fingerprint density at radius 3 is 2.46 bits per heavy atom. The summed E-state index contributed by atoms with van der Waals surface area (Å²) in [5, 5.41) is 2.77. The number of hydrogen-bond acceptors (Lipinski definition) is 4. The third-order valence-corrected chi connectivity index (χ3v) is 4.47. The third-order valence-electron chi connectivity index (χ3n) is 4.47. The maximum absolute atomic E-state index is 12.5. The first-order chi connectivity index (χ1) is 12.5. The predicted molar refractivity (Wildman–Crippen MR) is 97.9 cm³/mol. The topological polar surface area (TPSA) is 75.7 Å². The van der Waals surface area contributed by atoms with Crippen molar-refractivity contribution >= 4 is 29.2 Å². The van der Waals surface area contributed by atoms with Gasteiger partial charge in [-0.2, -0.15) is 0 Å². The highest BCUT2D eigenvalue weighted by Gasteiger charge is 2.49. The first-order valence-electron chi connectivity index (χ1n) is 8.33. The Morgan fingerprint density at radius 2 is 1.77 bits per heavy atom. The Bertz CT molecular complexity index is 835. The fraction of sp³-hybridized carbons (Fsp3) is 0.250. The van der Waals surface area contributed by atoms with Crippen LogP contribution in [0.1, 0.15) is 16.8 Å². The maximum atomic E-state index is 12.5. The molecule has 2 aromatic rings. The second-order valence-electron chi connectivity index (χ2n) is 6.24. The SMILES string of the molecule is COC(=O)c1cccc(NC(=O)C2CC2C(=O)N(C)c2ccccc2)c1. The molecule has 2 unspecified atom stereocenters. The highest BCUT2D eigenvalue weighted by molar-refractivity contribution is 6.04. The highest BCUT2D eigenvalue weighted by Crippen LogP contribution is 2.41. The third kappa shape index (κ3) is 3.74. The number of carbonyl (C=O) groups is 3. The number of anilines is 2. The maximum Gasteiger partial charge on any atom is 0.337 e. The molecule has 0 bridgehead atoms. The van der Waals surface area contributed by atoms with Gasteiger partial charge in [-0.15, -0.1) is 0 Å². The van der Waals surface area contributed by atoms with Crippen molar-refractivity contribution in [1.29, 1.82) is 0 Å². The highest BCUT2D eigenvalue weighted by atomic mass is 16.5. The minimum absolute atomic E-state index is 0.0698. The Balaban J connectivity index is 1.61. The van der Waals surface area contributed by atoms with Gasteiger partial charge < -0.3 is 15.0 Å². The number of nitrogens with one attached hydrogen (secondary N) is 1. The van der Waals surface area contributed by atoms with Gasteiger partial charge in [0.15, 0.2) is 0 Å². The number of hydrogen-bond donors (Lipinski definition) is 1. The van der Waals surface area contributed by atoms with Crippen LogP contribution in [0.25, 0.3) is 0 Å². The molecule has 1 aliphatic carbocycles. The normalized spacial score (nSPS) is 17.9. The van der Waals surface area contributed by atoms with Gasteiger partial charge in [0.25, 0.3) is 0 Å². The van der Waals surface area contributed by atoms with Gasteiger partial charge in [0, 0.05) is 18.4 Å². The van der Waals surface area contributed by atoms with E-state index in [0.717, 1.165) is 5.69 Å². The van der Waals surface area contributed by atoms with Crippen LogP contribution in [0.4, 0.5) is 11.4 Å². The van der Waals surface area contributed by atoms with Gasteiger partial charge in [0.2, 0.25) is 11.8 Å². The van der Waals surface area contributed by atoms with Crippen molar-refractivity contribution in [1.82, 2.24) is 0 Å². The number of benzene rings is 2. The Labute approximate surface area is 151 Å². The summed E-state index contributed by atoms with van der Waals surface area (Å²) in [6, 6.07) is 15.9. The molecule has 1 N–H and O–H groups in total. The van der Waals surface area contributed by atoms with Gasteiger partial charge >= 0.3 is 5.97 Å². The van der Waals surface area contributed by atoms with E-state index in [1.807, 2.05) is 30.3 Å². The second-order valence-corrected chi connectivity index (χ2v) is 6.24. The number of ether oxygens (including phenoxy) is 1. The molecule has 0 aliphatic heterocycles. The van der Waals surface area contributed by atoms with Crippen molar-refractivity contribution in [3.8, 4) is 0 Å². The molecule has 2 atom stereocenters. The molecule has 26 heavy (non-hydrogen) atoms. The molecule has 6 heteroatoms. The summed E-state index contributed by atoms with van der Waals surface area (Å²) in [6.45, 7) is 0. The lowest BCUT2D eigenvalue weighted by atomic mass is 10.2. The van der Waals surface area contributed by atoms with E-state index < -0.39 is 5.97 Å². The molecule has 2 amide bonds. The van der Waals surface area contributed by atoms with Crippen molar-refractivity contribution < 1.29 is 19.1 Å². The van der Waals surface area contributed by atoms with Gasteiger partial charge in [-0.25, -0.2) is 4.79 Å². The number of methoxy groups -OCH3 is 1. The predicted octanol–water partition coefficient (Wildman–Crippen LogP) is 2.71. The van der Waals surface area contributed by atoms with Crippen molar-refractivity contribution in [2.75, 3.05) is 24.4 Å². The lowest BCUT2D eigenvalue weighted by molar-refractivity contribution is -0.123. The number of para-hydroxylation sites is 1. The van der Waals surface area contributed by atoms with E-state index in [1.165, 1.54) is 7.11 Å². The van der Waals surface area contributed by atoms with Crippen LogP contribution in [0.15, 0.2) is 54.6 Å². The van der Waals surface area contributed by atoms with Crippen LogP contribution in [-0.2, 0) is 14.3 Å². The summed E-state index contributed by atoms with van der Waals surface area (Å²) in [5.41, 5.74) is 1.67. The zero-order chi connectivity index (χ0) is 18.7. The van der Waals surface area contributed by atoms with E-state index in [1.54, 1.807) is 36.2 Å². The summed E-state index contributed by atoms with van der Waals surface area (Å²) < 4.78 is 4.67. The first-order valence-corrected chi connectivity index (χ1v) is 8.33. The number of amides is 2. The van der Waals surface area contributed by atoms with Crippen molar-refractivity contribution in [3.63, 3.8) is 0 Å². The van der Waals surface area contributed by atoms with E-state index in [2.05, 4.69) is 10.1 Å². The van der Waals surface area contributed by atoms with Gasteiger partial charge in [-0.1, -0.05) is 24.3 Å². The number of esters is 1. The quantitative estimate of drug-likeness (QED) is 0.840. The first kappa shape index (κ1) is 17.7. The van der Waals surface area contributed by atoms with Gasteiger partial charge in [-0.05, 0) is 36.8 Å². The van der Waals surface area contributed by atoms with Crippen molar-refractivity contribution in [2.24, 2.45) is 11.8 Å². The number of carbonyl (C=O) groups excluding carboxylic acids is 3. The zero-order valence-electron chi connectivity index (χ0n) is 14.6. The molecule has 1 saturated carbocycles. The summed E-state index contributed by atoms with van der Waals surface area (Å²) in [6.07, 6.45) is 0.526. The van der Waals surface area contributed by atoms with Gasteiger partial charge in [0.05, 0.1) is 24.5 Å². The standard InChI is InChI=1S/C20H20N2O4/c1-22(15-9-4-3-5-10-15)19(24)17-12-16(17)18(23)21-14-8-6-7-13(11-14)20(25)26-2/h3-11,16-17H,12H2,1-2H3,(H,21,23). The van der Waals surface area contributed by atoms with Crippen LogP contribution in [0.2, 0.25) is 0 Å². The van der Waals surface area contributed by atoms with Gasteiger partial charge in [0.1, 0.15) is 0 Å². The van der Waals surface area contributed by atoms with E-state index in [-0.39, 0.29) is 23.7 Å². The molecule has 0 heterocycles. The minimum atomic E-state index is -0.468. The Morgan fingerprint density at radius 1 is 1.04 bits per heavy atom. The van der Waals surface area contributed by atoms with E-state index in [4.69, 9.17) is 0 Å². The van der Waals surface area contributed by atoms with Crippen LogP contribution < -0.4 is 10.2 Å². The monoisotopic (exact) mass is 352 g/mol. The molecule has 6 nitrogen and oxygen atoms in total. The van der Waals surface area contributed by atoms with E-state index in [0.29, 0.717) is 17.7 Å². The van der Waals surface area contributed by atoms with Crippen LogP contribution in [-0.4, -0.2) is 31.9 Å². The summed E-state index contributed by atoms with van der Waals surface area (Å²) >= 11 is 0.